The van der Waals surface area contributed by atoms with Gasteiger partial charge in [-0.15, -0.1) is 11.3 Å². The van der Waals surface area contributed by atoms with Gasteiger partial charge >= 0.3 is 0 Å². The number of hydrogen-bond acceptors (Lipinski definition) is 3. The largest absolute Gasteiger partial charge is 0.313 e. The molecule has 1 aromatic heterocycles. The van der Waals surface area contributed by atoms with Gasteiger partial charge in [0.25, 0.3) is 0 Å². The molecule has 0 aliphatic heterocycles. The zero-order valence-corrected chi connectivity index (χ0v) is 12.3. The van der Waals surface area contributed by atoms with Crippen molar-refractivity contribution in [3.05, 3.63) is 45.8 Å². The smallest absolute Gasteiger partial charge is 0.110 e. The van der Waals surface area contributed by atoms with Crippen molar-refractivity contribution in [2.24, 2.45) is 0 Å². The number of nitrogens with one attached hydrogen (secondary N) is 1. The quantitative estimate of drug-likeness (QED) is 0.826. The van der Waals surface area contributed by atoms with E-state index in [2.05, 4.69) is 24.4 Å². The Labute approximate surface area is 122 Å². The molecular formula is C15H15ClN2S. The number of hydrogen-bond donors (Lipinski definition) is 1. The monoisotopic (exact) mass is 290 g/mol. The van der Waals surface area contributed by atoms with Gasteiger partial charge in [0.15, 0.2) is 0 Å². The van der Waals surface area contributed by atoms with Crippen molar-refractivity contribution in [3.63, 3.8) is 0 Å². The van der Waals surface area contributed by atoms with Gasteiger partial charge in [0, 0.05) is 16.4 Å². The Bertz CT molecular complexity index is 598. The number of benzene rings is 1. The van der Waals surface area contributed by atoms with E-state index in [4.69, 9.17) is 16.9 Å². The van der Waals surface area contributed by atoms with Crippen LogP contribution < -0.4 is 5.32 Å². The molecular weight excluding hydrogens is 276 g/mol. The van der Waals surface area contributed by atoms with Gasteiger partial charge in [0.2, 0.25) is 0 Å². The maximum absolute atomic E-state index is 8.84. The Morgan fingerprint density at radius 3 is 2.79 bits per heavy atom. The third-order valence-electron chi connectivity index (χ3n) is 2.80. The lowest BCUT2D eigenvalue weighted by Crippen LogP contribution is -2.13. The normalized spacial score (nSPS) is 10.4. The lowest BCUT2D eigenvalue weighted by atomic mass is 10.1. The predicted octanol–water partition coefficient (Wildman–Crippen LogP) is 4.44. The van der Waals surface area contributed by atoms with Crippen LogP contribution in [0.25, 0.3) is 10.4 Å². The van der Waals surface area contributed by atoms with E-state index in [0.717, 1.165) is 45.4 Å². The molecule has 4 heteroatoms. The lowest BCUT2D eigenvalue weighted by molar-refractivity contribution is 0.675. The number of rotatable bonds is 5. The Kier molecular flexibility index (Phi) is 4.98. The second-order valence-corrected chi connectivity index (χ2v) is 5.75. The van der Waals surface area contributed by atoms with Crippen LogP contribution in [0, 0.1) is 11.3 Å². The van der Waals surface area contributed by atoms with Crippen molar-refractivity contribution in [3.8, 4) is 16.5 Å². The van der Waals surface area contributed by atoms with Gasteiger partial charge in [-0.3, -0.25) is 0 Å². The van der Waals surface area contributed by atoms with E-state index in [1.807, 2.05) is 24.3 Å². The van der Waals surface area contributed by atoms with Crippen molar-refractivity contribution in [1.29, 1.82) is 5.26 Å². The molecule has 0 spiro atoms. The molecule has 2 nitrogen and oxygen atoms in total. The molecule has 0 bridgehead atoms. The summed E-state index contributed by atoms with van der Waals surface area (Å²) in [6, 6.07) is 12.0. The minimum atomic E-state index is 0.722. The van der Waals surface area contributed by atoms with Crippen LogP contribution in [0.5, 0.6) is 0 Å². The molecule has 0 saturated heterocycles. The van der Waals surface area contributed by atoms with Gasteiger partial charge in [-0.25, -0.2) is 0 Å². The van der Waals surface area contributed by atoms with Gasteiger partial charge in [0.1, 0.15) is 10.9 Å². The molecule has 0 atom stereocenters. The second-order valence-electron chi connectivity index (χ2n) is 4.26. The van der Waals surface area contributed by atoms with E-state index in [9.17, 15) is 0 Å². The maximum atomic E-state index is 8.84. The van der Waals surface area contributed by atoms with Crippen molar-refractivity contribution in [1.82, 2.24) is 5.32 Å². The molecule has 1 N–H and O–H groups in total. The second kappa shape index (κ2) is 6.72. The molecule has 98 valence electrons. The molecule has 0 amide bonds. The Balaban J connectivity index is 2.16. The first kappa shape index (κ1) is 14.1. The molecule has 0 aliphatic carbocycles. The number of halogens is 1. The summed E-state index contributed by atoms with van der Waals surface area (Å²) in [6.07, 6.45) is 1.11. The SMILES string of the molecule is CCCNCc1ccc(-c2ccc(C#N)s2)cc1Cl. The molecule has 19 heavy (non-hydrogen) atoms. The fourth-order valence-electron chi connectivity index (χ4n) is 1.80. The molecule has 0 unspecified atom stereocenters. The van der Waals surface area contributed by atoms with E-state index < -0.39 is 0 Å². The first-order valence-corrected chi connectivity index (χ1v) is 7.43. The maximum Gasteiger partial charge on any atom is 0.110 e. The Hall–Kier alpha value is -1.34. The van der Waals surface area contributed by atoms with Gasteiger partial charge in [-0.1, -0.05) is 30.7 Å². The van der Waals surface area contributed by atoms with E-state index in [0.29, 0.717) is 0 Å². The van der Waals surface area contributed by atoms with Crippen LogP contribution in [-0.2, 0) is 6.54 Å². The van der Waals surface area contributed by atoms with Crippen LogP contribution in [0.15, 0.2) is 30.3 Å². The summed E-state index contributed by atoms with van der Waals surface area (Å²) in [4.78, 5) is 1.80. The zero-order valence-electron chi connectivity index (χ0n) is 10.7. The fraction of sp³-hybridized carbons (Fsp3) is 0.267. The third-order valence-corrected chi connectivity index (χ3v) is 4.19. The topological polar surface area (TPSA) is 35.8 Å². The molecule has 0 radical (unpaired) electrons. The van der Waals surface area contributed by atoms with E-state index in [1.165, 1.54) is 11.3 Å². The van der Waals surface area contributed by atoms with Crippen molar-refractivity contribution < 1.29 is 0 Å². The molecule has 2 rings (SSSR count). The Morgan fingerprint density at radius 1 is 1.32 bits per heavy atom. The minimum Gasteiger partial charge on any atom is -0.313 e. The van der Waals surface area contributed by atoms with E-state index in [-0.39, 0.29) is 0 Å². The summed E-state index contributed by atoms with van der Waals surface area (Å²) >= 11 is 7.79. The highest BCUT2D eigenvalue weighted by molar-refractivity contribution is 7.16. The van der Waals surface area contributed by atoms with Crippen LogP contribution in [0.1, 0.15) is 23.8 Å². The van der Waals surface area contributed by atoms with Gasteiger partial charge in [-0.05, 0) is 42.3 Å². The highest BCUT2D eigenvalue weighted by atomic mass is 35.5. The van der Waals surface area contributed by atoms with Crippen molar-refractivity contribution >= 4 is 22.9 Å². The van der Waals surface area contributed by atoms with E-state index >= 15 is 0 Å². The molecule has 1 heterocycles. The number of thiophene rings is 1. The predicted molar refractivity (Wildman–Crippen MR) is 81.5 cm³/mol. The van der Waals surface area contributed by atoms with Crippen molar-refractivity contribution in [2.75, 3.05) is 6.54 Å². The first-order chi connectivity index (χ1) is 9.24. The summed E-state index contributed by atoms with van der Waals surface area (Å²) < 4.78 is 0. The number of nitrogens with zero attached hydrogens (tertiary/aromatic N) is 1. The summed E-state index contributed by atoms with van der Waals surface area (Å²) in [5, 5.41) is 13.0. The van der Waals surface area contributed by atoms with Crippen LogP contribution >= 0.6 is 22.9 Å². The van der Waals surface area contributed by atoms with Crippen LogP contribution in [0.2, 0.25) is 5.02 Å². The molecule has 0 fully saturated rings. The lowest BCUT2D eigenvalue weighted by Gasteiger charge is -2.07. The van der Waals surface area contributed by atoms with Crippen molar-refractivity contribution in [2.45, 2.75) is 19.9 Å². The number of nitriles is 1. The highest BCUT2D eigenvalue weighted by Crippen LogP contribution is 2.30. The zero-order chi connectivity index (χ0) is 13.7. The molecule has 0 saturated carbocycles. The van der Waals surface area contributed by atoms with Gasteiger partial charge in [-0.2, -0.15) is 5.26 Å². The Morgan fingerprint density at radius 2 is 2.16 bits per heavy atom. The summed E-state index contributed by atoms with van der Waals surface area (Å²) in [5.74, 6) is 0. The molecule has 2 aromatic rings. The average molecular weight is 291 g/mol. The van der Waals surface area contributed by atoms with Crippen LogP contribution in [-0.4, -0.2) is 6.54 Å². The van der Waals surface area contributed by atoms with Gasteiger partial charge < -0.3 is 5.32 Å². The van der Waals surface area contributed by atoms with Crippen LogP contribution in [0.3, 0.4) is 0 Å². The standard InChI is InChI=1S/C15H15ClN2S/c1-2-7-18-10-12-4-3-11(8-14(12)16)15-6-5-13(9-17)19-15/h3-6,8,18H,2,7,10H2,1H3. The highest BCUT2D eigenvalue weighted by Gasteiger charge is 2.06. The molecule has 0 aliphatic rings. The van der Waals surface area contributed by atoms with Crippen LogP contribution in [0.4, 0.5) is 0 Å². The average Bonchev–Trinajstić information content (AvgIpc) is 2.89. The van der Waals surface area contributed by atoms with E-state index in [1.54, 1.807) is 0 Å². The summed E-state index contributed by atoms with van der Waals surface area (Å²) in [7, 11) is 0. The van der Waals surface area contributed by atoms with Gasteiger partial charge in [0.05, 0.1) is 0 Å². The molecule has 1 aromatic carbocycles. The fourth-order valence-corrected chi connectivity index (χ4v) is 2.84. The third kappa shape index (κ3) is 3.57. The summed E-state index contributed by atoms with van der Waals surface area (Å²) in [6.45, 7) is 3.93. The first-order valence-electron chi connectivity index (χ1n) is 6.24. The minimum absolute atomic E-state index is 0.722. The summed E-state index contributed by atoms with van der Waals surface area (Å²) in [5.41, 5.74) is 2.17.